The molecule has 1 heterocycles. The zero-order valence-corrected chi connectivity index (χ0v) is 16.1. The number of hydrogen-bond donors (Lipinski definition) is 0. The predicted molar refractivity (Wildman–Crippen MR) is 95.3 cm³/mol. The minimum atomic E-state index is -1.08. The number of carbonyl (C=O) groups is 2. The molecule has 2 unspecified atom stereocenters. The Labute approximate surface area is 147 Å². The molecule has 2 atom stereocenters. The van der Waals surface area contributed by atoms with Crippen LogP contribution >= 0.6 is 0 Å². The molecule has 0 N–H and O–H groups in total. The zero-order valence-electron chi connectivity index (χ0n) is 16.1. The monoisotopic (exact) mass is 340 g/mol. The molecule has 0 aliphatic carbocycles. The van der Waals surface area contributed by atoms with Gasteiger partial charge in [-0.1, -0.05) is 79.1 Å². The van der Waals surface area contributed by atoms with Crippen LogP contribution in [0.25, 0.3) is 0 Å². The van der Waals surface area contributed by atoms with Crippen molar-refractivity contribution in [2.45, 2.75) is 91.9 Å². The van der Waals surface area contributed by atoms with E-state index in [1.54, 1.807) is 0 Å². The van der Waals surface area contributed by atoms with Gasteiger partial charge in [0.15, 0.2) is 5.41 Å². The van der Waals surface area contributed by atoms with E-state index < -0.39 is 5.41 Å². The standard InChI is InChI=1S/C20H36O4/c1-5-9-11-16(7-3)13-20(14-17(8-4)12-10-6-2)18(21)23-15-24-19(20)22/h16-17H,5-15H2,1-4H3. The first kappa shape index (κ1) is 21.0. The number of hydrogen-bond acceptors (Lipinski definition) is 4. The van der Waals surface area contributed by atoms with Crippen molar-refractivity contribution in [1.29, 1.82) is 0 Å². The van der Waals surface area contributed by atoms with Crippen LogP contribution in [-0.2, 0) is 19.1 Å². The fraction of sp³-hybridized carbons (Fsp3) is 0.900. The van der Waals surface area contributed by atoms with Crippen LogP contribution in [0.2, 0.25) is 0 Å². The van der Waals surface area contributed by atoms with Crippen LogP contribution in [0.1, 0.15) is 91.9 Å². The molecule has 0 amide bonds. The lowest BCUT2D eigenvalue weighted by molar-refractivity contribution is -0.205. The Morgan fingerprint density at radius 1 is 0.833 bits per heavy atom. The summed E-state index contributed by atoms with van der Waals surface area (Å²) < 4.78 is 10.4. The maximum absolute atomic E-state index is 12.7. The van der Waals surface area contributed by atoms with E-state index in [1.165, 1.54) is 0 Å². The highest BCUT2D eigenvalue weighted by atomic mass is 16.7. The zero-order chi connectivity index (χ0) is 18.0. The molecule has 0 aromatic heterocycles. The van der Waals surface area contributed by atoms with Crippen LogP contribution in [0.3, 0.4) is 0 Å². The molecule has 1 fully saturated rings. The fourth-order valence-corrected chi connectivity index (χ4v) is 3.79. The lowest BCUT2D eigenvalue weighted by Crippen LogP contribution is -2.49. The smallest absolute Gasteiger partial charge is 0.326 e. The molecule has 1 aliphatic rings. The predicted octanol–water partition coefficient (Wildman–Crippen LogP) is 5.24. The summed E-state index contributed by atoms with van der Waals surface area (Å²) in [6, 6.07) is 0. The van der Waals surface area contributed by atoms with E-state index in [0.717, 1.165) is 51.4 Å². The molecule has 1 rings (SSSR count). The summed E-state index contributed by atoms with van der Waals surface area (Å²) in [7, 11) is 0. The summed E-state index contributed by atoms with van der Waals surface area (Å²) in [6.07, 6.45) is 9.74. The van der Waals surface area contributed by atoms with Gasteiger partial charge >= 0.3 is 11.9 Å². The number of carbonyl (C=O) groups excluding carboxylic acids is 2. The molecule has 1 saturated heterocycles. The molecule has 0 saturated carbocycles. The summed E-state index contributed by atoms with van der Waals surface area (Å²) in [5.74, 6) is 0.0194. The highest BCUT2D eigenvalue weighted by molar-refractivity contribution is 6.01. The molecule has 0 aromatic rings. The summed E-state index contributed by atoms with van der Waals surface area (Å²) in [6.45, 7) is 8.40. The highest BCUT2D eigenvalue weighted by Crippen LogP contribution is 2.42. The topological polar surface area (TPSA) is 52.6 Å². The van der Waals surface area contributed by atoms with E-state index in [-0.39, 0.29) is 18.7 Å². The van der Waals surface area contributed by atoms with Crippen molar-refractivity contribution in [3.8, 4) is 0 Å². The molecule has 140 valence electrons. The third-order valence-corrected chi connectivity index (χ3v) is 5.52. The Hall–Kier alpha value is -1.06. The van der Waals surface area contributed by atoms with E-state index in [1.807, 2.05) is 0 Å². The van der Waals surface area contributed by atoms with Gasteiger partial charge in [-0.25, -0.2) is 0 Å². The second-order valence-electron chi connectivity index (χ2n) is 7.30. The fourth-order valence-electron chi connectivity index (χ4n) is 3.79. The molecule has 24 heavy (non-hydrogen) atoms. The second-order valence-corrected chi connectivity index (χ2v) is 7.30. The van der Waals surface area contributed by atoms with E-state index in [0.29, 0.717) is 24.7 Å². The minimum Gasteiger partial charge on any atom is -0.427 e. The van der Waals surface area contributed by atoms with Crippen molar-refractivity contribution in [2.75, 3.05) is 6.79 Å². The third-order valence-electron chi connectivity index (χ3n) is 5.52. The molecule has 0 aromatic carbocycles. The number of ether oxygens (including phenoxy) is 2. The van der Waals surface area contributed by atoms with Gasteiger partial charge in [0.25, 0.3) is 0 Å². The maximum atomic E-state index is 12.7. The summed E-state index contributed by atoms with van der Waals surface area (Å²) in [5.41, 5.74) is -1.08. The number of unbranched alkanes of at least 4 members (excludes halogenated alkanes) is 2. The largest absolute Gasteiger partial charge is 0.427 e. The molecular weight excluding hydrogens is 304 g/mol. The molecular formula is C20H36O4. The number of esters is 2. The van der Waals surface area contributed by atoms with Gasteiger partial charge in [0.05, 0.1) is 0 Å². The van der Waals surface area contributed by atoms with Crippen LogP contribution in [0, 0.1) is 17.3 Å². The lowest BCUT2D eigenvalue weighted by atomic mass is 9.70. The average Bonchev–Trinajstić information content (AvgIpc) is 2.59. The Morgan fingerprint density at radius 2 is 1.25 bits per heavy atom. The first-order valence-electron chi connectivity index (χ1n) is 9.88. The Kier molecular flexibility index (Phi) is 9.38. The Morgan fingerprint density at radius 3 is 1.58 bits per heavy atom. The van der Waals surface area contributed by atoms with Gasteiger partial charge in [0, 0.05) is 0 Å². The molecule has 1 aliphatic heterocycles. The van der Waals surface area contributed by atoms with Crippen LogP contribution in [-0.4, -0.2) is 18.7 Å². The lowest BCUT2D eigenvalue weighted by Gasteiger charge is -2.37. The first-order chi connectivity index (χ1) is 11.5. The first-order valence-corrected chi connectivity index (χ1v) is 9.88. The molecule has 0 spiro atoms. The summed E-state index contributed by atoms with van der Waals surface area (Å²) in [4.78, 5) is 25.3. The summed E-state index contributed by atoms with van der Waals surface area (Å²) in [5, 5.41) is 0. The van der Waals surface area contributed by atoms with E-state index in [4.69, 9.17) is 9.47 Å². The van der Waals surface area contributed by atoms with Gasteiger partial charge in [-0.05, 0) is 24.7 Å². The molecule has 4 heteroatoms. The van der Waals surface area contributed by atoms with Crippen LogP contribution in [0.4, 0.5) is 0 Å². The van der Waals surface area contributed by atoms with E-state index in [9.17, 15) is 9.59 Å². The molecule has 0 bridgehead atoms. The average molecular weight is 341 g/mol. The van der Waals surface area contributed by atoms with Gasteiger partial charge < -0.3 is 9.47 Å². The normalized spacial score (nSPS) is 19.5. The highest BCUT2D eigenvalue weighted by Gasteiger charge is 2.53. The van der Waals surface area contributed by atoms with Crippen molar-refractivity contribution in [3.05, 3.63) is 0 Å². The van der Waals surface area contributed by atoms with Crippen molar-refractivity contribution >= 4 is 11.9 Å². The third kappa shape index (κ3) is 5.49. The minimum absolute atomic E-state index is 0.225. The van der Waals surface area contributed by atoms with Gasteiger partial charge in [0.2, 0.25) is 6.79 Å². The molecule has 0 radical (unpaired) electrons. The Bertz CT molecular complexity index is 355. The van der Waals surface area contributed by atoms with Crippen LogP contribution in [0.15, 0.2) is 0 Å². The van der Waals surface area contributed by atoms with E-state index in [2.05, 4.69) is 27.7 Å². The van der Waals surface area contributed by atoms with Gasteiger partial charge in [-0.15, -0.1) is 0 Å². The van der Waals surface area contributed by atoms with Crippen LogP contribution < -0.4 is 0 Å². The van der Waals surface area contributed by atoms with Crippen molar-refractivity contribution in [1.82, 2.24) is 0 Å². The SMILES string of the molecule is CCCCC(CC)CC1(CC(CC)CCCC)C(=O)OCOC1=O. The number of cyclic esters (lactones) is 2. The second kappa shape index (κ2) is 10.7. The molecule has 4 nitrogen and oxygen atoms in total. The van der Waals surface area contributed by atoms with Gasteiger partial charge in [-0.3, -0.25) is 9.59 Å². The van der Waals surface area contributed by atoms with Crippen molar-refractivity contribution < 1.29 is 19.1 Å². The Balaban J connectivity index is 2.97. The number of rotatable bonds is 12. The quantitative estimate of drug-likeness (QED) is 0.360. The maximum Gasteiger partial charge on any atom is 0.326 e. The summed E-state index contributed by atoms with van der Waals surface area (Å²) >= 11 is 0. The van der Waals surface area contributed by atoms with Crippen molar-refractivity contribution in [2.24, 2.45) is 17.3 Å². The van der Waals surface area contributed by atoms with E-state index >= 15 is 0 Å². The van der Waals surface area contributed by atoms with Gasteiger partial charge in [0.1, 0.15) is 0 Å². The van der Waals surface area contributed by atoms with Crippen molar-refractivity contribution in [3.63, 3.8) is 0 Å². The van der Waals surface area contributed by atoms with Gasteiger partial charge in [-0.2, -0.15) is 0 Å². The van der Waals surface area contributed by atoms with Crippen LogP contribution in [0.5, 0.6) is 0 Å².